The van der Waals surface area contributed by atoms with Crippen molar-refractivity contribution in [2.75, 3.05) is 32.8 Å². The Kier molecular flexibility index (Phi) is 5.64. The summed E-state index contributed by atoms with van der Waals surface area (Å²) in [5.41, 5.74) is 0. The Morgan fingerprint density at radius 2 is 1.92 bits per heavy atom. The molecule has 0 aromatic carbocycles. The highest BCUT2D eigenvalue weighted by Gasteiger charge is 2.08. The standard InChI is InChI=1S/C11H18NO/c1-2-3-4-5-6-7-12-8-10-13-11-9-12/h3-11H2. The van der Waals surface area contributed by atoms with Gasteiger partial charge in [0.25, 0.3) is 0 Å². The molecule has 0 bridgehead atoms. The van der Waals surface area contributed by atoms with Gasteiger partial charge in [0.05, 0.1) is 13.2 Å². The number of morpholine rings is 1. The Morgan fingerprint density at radius 1 is 1.15 bits per heavy atom. The summed E-state index contributed by atoms with van der Waals surface area (Å²) >= 11 is 0. The second-order valence-corrected chi connectivity index (χ2v) is 3.44. The van der Waals surface area contributed by atoms with Gasteiger partial charge >= 0.3 is 0 Å². The van der Waals surface area contributed by atoms with Crippen LogP contribution in [0.25, 0.3) is 0 Å². The summed E-state index contributed by atoms with van der Waals surface area (Å²) in [4.78, 5) is 2.46. The zero-order valence-corrected chi connectivity index (χ0v) is 8.22. The predicted molar refractivity (Wildman–Crippen MR) is 52.9 cm³/mol. The Morgan fingerprint density at radius 3 is 2.62 bits per heavy atom. The lowest BCUT2D eigenvalue weighted by Gasteiger charge is -2.26. The minimum Gasteiger partial charge on any atom is -0.379 e. The van der Waals surface area contributed by atoms with Crippen LogP contribution in [0.3, 0.4) is 0 Å². The summed E-state index contributed by atoms with van der Waals surface area (Å²) in [5.74, 6) is 2.42. The molecule has 0 saturated carbocycles. The maximum atomic E-state index is 6.76. The maximum absolute atomic E-state index is 6.76. The van der Waals surface area contributed by atoms with Crippen molar-refractivity contribution < 1.29 is 4.74 Å². The molecule has 0 spiro atoms. The fourth-order valence-electron chi connectivity index (χ4n) is 1.55. The van der Waals surface area contributed by atoms with Crippen LogP contribution in [0.15, 0.2) is 0 Å². The van der Waals surface area contributed by atoms with Crippen molar-refractivity contribution in [3.8, 4) is 5.92 Å². The van der Waals surface area contributed by atoms with Crippen LogP contribution in [0.4, 0.5) is 0 Å². The van der Waals surface area contributed by atoms with E-state index in [-0.39, 0.29) is 0 Å². The number of nitrogens with zero attached hydrogens (tertiary/aromatic N) is 1. The Labute approximate surface area is 81.3 Å². The fraction of sp³-hybridized carbons (Fsp3) is 0.818. The average Bonchev–Trinajstić information content (AvgIpc) is 2.19. The lowest BCUT2D eigenvalue weighted by Crippen LogP contribution is -2.36. The van der Waals surface area contributed by atoms with Gasteiger partial charge in [-0.3, -0.25) is 4.90 Å². The quantitative estimate of drug-likeness (QED) is 0.469. The number of hydrogen-bond acceptors (Lipinski definition) is 2. The first-order chi connectivity index (χ1) is 6.43. The number of rotatable bonds is 5. The smallest absolute Gasteiger partial charge is 0.0594 e. The van der Waals surface area contributed by atoms with Gasteiger partial charge in [-0.2, -0.15) is 0 Å². The van der Waals surface area contributed by atoms with Crippen molar-refractivity contribution in [1.82, 2.24) is 4.90 Å². The second-order valence-electron chi connectivity index (χ2n) is 3.44. The first kappa shape index (κ1) is 10.6. The van der Waals surface area contributed by atoms with Gasteiger partial charge in [0.1, 0.15) is 0 Å². The number of unbranched alkanes of at least 4 members (excludes halogenated alkanes) is 3. The van der Waals surface area contributed by atoms with E-state index in [1.165, 1.54) is 19.4 Å². The molecule has 1 aliphatic rings. The van der Waals surface area contributed by atoms with Crippen molar-refractivity contribution in [2.24, 2.45) is 0 Å². The molecule has 1 saturated heterocycles. The van der Waals surface area contributed by atoms with E-state index >= 15 is 0 Å². The van der Waals surface area contributed by atoms with Crippen LogP contribution < -0.4 is 0 Å². The van der Waals surface area contributed by atoms with Crippen LogP contribution in [0.1, 0.15) is 25.7 Å². The first-order valence-electron chi connectivity index (χ1n) is 5.13. The van der Waals surface area contributed by atoms with Crippen molar-refractivity contribution in [3.63, 3.8) is 0 Å². The van der Waals surface area contributed by atoms with Gasteiger partial charge in [0.2, 0.25) is 0 Å². The third-order valence-corrected chi connectivity index (χ3v) is 2.38. The summed E-state index contributed by atoms with van der Waals surface area (Å²) < 4.78 is 5.27. The van der Waals surface area contributed by atoms with Gasteiger partial charge in [-0.05, 0) is 25.8 Å². The maximum Gasteiger partial charge on any atom is 0.0594 e. The monoisotopic (exact) mass is 180 g/mol. The van der Waals surface area contributed by atoms with Crippen molar-refractivity contribution >= 4 is 0 Å². The third kappa shape index (κ3) is 4.92. The first-order valence-corrected chi connectivity index (χ1v) is 5.13. The molecule has 0 aromatic rings. The molecule has 1 heterocycles. The van der Waals surface area contributed by atoms with E-state index in [4.69, 9.17) is 11.2 Å². The largest absolute Gasteiger partial charge is 0.379 e. The molecule has 0 unspecified atom stereocenters. The van der Waals surface area contributed by atoms with E-state index in [0.29, 0.717) is 0 Å². The summed E-state index contributed by atoms with van der Waals surface area (Å²) in [5, 5.41) is 0. The SMILES string of the molecule is [C]#CCCCCCN1CCOCC1. The predicted octanol–water partition coefficient (Wildman–Crippen LogP) is 1.47. The van der Waals surface area contributed by atoms with Gasteiger partial charge in [0.15, 0.2) is 0 Å². The molecular formula is C11H18NO. The van der Waals surface area contributed by atoms with Crippen LogP contribution in [-0.4, -0.2) is 37.7 Å². The van der Waals surface area contributed by atoms with E-state index in [2.05, 4.69) is 10.8 Å². The van der Waals surface area contributed by atoms with Gasteiger partial charge in [0, 0.05) is 19.5 Å². The summed E-state index contributed by atoms with van der Waals surface area (Å²) in [6, 6.07) is 0. The number of hydrogen-bond donors (Lipinski definition) is 0. The molecule has 0 aromatic heterocycles. The lowest BCUT2D eigenvalue weighted by atomic mass is 10.2. The molecule has 2 nitrogen and oxygen atoms in total. The highest BCUT2D eigenvalue weighted by Crippen LogP contribution is 2.03. The van der Waals surface area contributed by atoms with Gasteiger partial charge in [-0.1, -0.05) is 12.3 Å². The van der Waals surface area contributed by atoms with E-state index in [1.54, 1.807) is 0 Å². The molecule has 1 radical (unpaired) electrons. The average molecular weight is 180 g/mol. The molecule has 0 amide bonds. The summed E-state index contributed by atoms with van der Waals surface area (Å²) in [7, 11) is 0. The highest BCUT2D eigenvalue weighted by molar-refractivity contribution is 4.74. The van der Waals surface area contributed by atoms with E-state index in [9.17, 15) is 0 Å². The third-order valence-electron chi connectivity index (χ3n) is 2.38. The van der Waals surface area contributed by atoms with Crippen molar-refractivity contribution in [1.29, 1.82) is 0 Å². The van der Waals surface area contributed by atoms with E-state index in [1.807, 2.05) is 0 Å². The molecular weight excluding hydrogens is 162 g/mol. The van der Waals surface area contributed by atoms with Crippen LogP contribution in [0.5, 0.6) is 0 Å². The molecule has 0 N–H and O–H groups in total. The van der Waals surface area contributed by atoms with Gasteiger partial charge < -0.3 is 4.74 Å². The topological polar surface area (TPSA) is 12.5 Å². The molecule has 0 atom stereocenters. The summed E-state index contributed by atoms with van der Waals surface area (Å²) in [6.45, 7) is 5.18. The highest BCUT2D eigenvalue weighted by atomic mass is 16.5. The molecule has 0 aliphatic carbocycles. The lowest BCUT2D eigenvalue weighted by molar-refractivity contribution is 0.0371. The number of ether oxygens (including phenoxy) is 1. The molecule has 73 valence electrons. The Bertz CT molecular complexity index is 156. The Balaban J connectivity index is 1.90. The molecule has 1 rings (SSSR count). The minimum absolute atomic E-state index is 0.823. The molecule has 1 aliphatic heterocycles. The zero-order valence-electron chi connectivity index (χ0n) is 8.22. The van der Waals surface area contributed by atoms with Gasteiger partial charge in [-0.25, -0.2) is 0 Å². The van der Waals surface area contributed by atoms with Crippen LogP contribution in [0, 0.1) is 12.3 Å². The molecule has 1 fully saturated rings. The second kappa shape index (κ2) is 6.94. The van der Waals surface area contributed by atoms with E-state index in [0.717, 1.165) is 39.1 Å². The normalized spacial score (nSPS) is 18.4. The van der Waals surface area contributed by atoms with Crippen molar-refractivity contribution in [3.05, 3.63) is 6.42 Å². The van der Waals surface area contributed by atoms with Crippen molar-refractivity contribution in [2.45, 2.75) is 25.7 Å². The van der Waals surface area contributed by atoms with Crippen LogP contribution in [0.2, 0.25) is 0 Å². The zero-order chi connectivity index (χ0) is 9.36. The minimum atomic E-state index is 0.823. The van der Waals surface area contributed by atoms with Gasteiger partial charge in [-0.15, -0.1) is 0 Å². The fourth-order valence-corrected chi connectivity index (χ4v) is 1.55. The molecule has 13 heavy (non-hydrogen) atoms. The molecule has 2 heteroatoms. The van der Waals surface area contributed by atoms with Crippen LogP contribution in [-0.2, 0) is 4.74 Å². The van der Waals surface area contributed by atoms with Crippen LogP contribution >= 0.6 is 0 Å². The Hall–Kier alpha value is -0.520. The van der Waals surface area contributed by atoms with E-state index < -0.39 is 0 Å². The summed E-state index contributed by atoms with van der Waals surface area (Å²) in [6.07, 6.45) is 11.2.